The molecule has 1 N–H and O–H groups in total. The Kier molecular flexibility index (Phi) is 4.77. The first-order valence-electron chi connectivity index (χ1n) is 6.35. The summed E-state index contributed by atoms with van der Waals surface area (Å²) in [5, 5.41) is 2.34. The smallest absolute Gasteiger partial charge is 0.312 e. The summed E-state index contributed by atoms with van der Waals surface area (Å²) in [6, 6.07) is 8.98. The van der Waals surface area contributed by atoms with Gasteiger partial charge in [0.2, 0.25) is 0 Å². The molecule has 2 rings (SSSR count). The van der Waals surface area contributed by atoms with Crippen LogP contribution in [0.2, 0.25) is 0 Å². The average molecular weight is 300 g/mol. The second-order valence-corrected chi connectivity index (χ2v) is 5.41. The predicted molar refractivity (Wildman–Crippen MR) is 74.5 cm³/mol. The molecule has 0 unspecified atom stereocenters. The van der Waals surface area contributed by atoms with Crippen molar-refractivity contribution >= 4 is 11.3 Å². The molecule has 2 nitrogen and oxygen atoms in total. The summed E-state index contributed by atoms with van der Waals surface area (Å²) < 4.78 is 38.4. The van der Waals surface area contributed by atoms with Gasteiger partial charge in [0, 0.05) is 17.0 Å². The first-order chi connectivity index (χ1) is 9.52. The zero-order valence-corrected chi connectivity index (χ0v) is 11.8. The molecule has 1 heterocycles. The van der Waals surface area contributed by atoms with Crippen molar-refractivity contribution in [1.29, 1.82) is 0 Å². The molecule has 0 bridgehead atoms. The third-order valence-electron chi connectivity index (χ3n) is 2.70. The van der Waals surface area contributed by atoms with Crippen molar-refractivity contribution in [2.24, 2.45) is 0 Å². The molecule has 20 heavy (non-hydrogen) atoms. The van der Waals surface area contributed by atoms with E-state index in [1.54, 1.807) is 24.3 Å². The molecule has 0 amide bonds. The van der Waals surface area contributed by atoms with Crippen LogP contribution in [-0.4, -0.2) is 11.5 Å². The fraction of sp³-hybridized carbons (Fsp3) is 0.357. The van der Waals surface area contributed by atoms with Crippen LogP contribution in [0.4, 0.5) is 13.2 Å². The van der Waals surface area contributed by atoms with Gasteiger partial charge in [0.05, 0.1) is 5.69 Å². The Bertz CT molecular complexity index is 549. The minimum Gasteiger partial charge on any atom is -0.312 e. The maximum atomic E-state index is 12.8. The van der Waals surface area contributed by atoms with E-state index in [0.717, 1.165) is 13.0 Å². The van der Waals surface area contributed by atoms with Gasteiger partial charge in [-0.25, -0.2) is 4.98 Å². The first-order valence-corrected chi connectivity index (χ1v) is 7.17. The molecule has 0 fully saturated rings. The normalized spacial score (nSPS) is 11.8. The molecule has 2 aromatic rings. The van der Waals surface area contributed by atoms with E-state index in [0.29, 0.717) is 34.0 Å². The molecular weight excluding hydrogens is 285 g/mol. The van der Waals surface area contributed by atoms with Crippen LogP contribution in [0, 0.1) is 0 Å². The predicted octanol–water partition coefficient (Wildman–Crippen LogP) is 4.33. The second kappa shape index (κ2) is 6.37. The molecule has 0 aliphatic carbocycles. The van der Waals surface area contributed by atoms with Gasteiger partial charge in [-0.1, -0.05) is 37.3 Å². The maximum absolute atomic E-state index is 12.8. The third kappa shape index (κ3) is 3.58. The number of halogens is 3. The molecule has 1 aromatic heterocycles. The molecule has 0 aliphatic rings. The number of aromatic nitrogens is 1. The summed E-state index contributed by atoms with van der Waals surface area (Å²) in [7, 11) is 0. The van der Waals surface area contributed by atoms with E-state index in [9.17, 15) is 13.2 Å². The quantitative estimate of drug-likeness (QED) is 0.831. The summed E-state index contributed by atoms with van der Waals surface area (Å²) in [6.07, 6.45) is -3.46. The Labute approximate surface area is 119 Å². The maximum Gasteiger partial charge on any atom is 0.443 e. The topological polar surface area (TPSA) is 24.9 Å². The summed E-state index contributed by atoms with van der Waals surface area (Å²) in [5.74, 6) is 0. The lowest BCUT2D eigenvalue weighted by Gasteiger charge is -2.03. The number of alkyl halides is 3. The number of hydrogen-bond acceptors (Lipinski definition) is 3. The van der Waals surface area contributed by atoms with Gasteiger partial charge in [0.15, 0.2) is 5.01 Å². The van der Waals surface area contributed by atoms with Gasteiger partial charge in [-0.2, -0.15) is 13.2 Å². The Morgan fingerprint density at radius 2 is 1.90 bits per heavy atom. The van der Waals surface area contributed by atoms with Crippen molar-refractivity contribution in [3.05, 3.63) is 40.2 Å². The van der Waals surface area contributed by atoms with Crippen molar-refractivity contribution < 1.29 is 13.2 Å². The van der Waals surface area contributed by atoms with Crippen LogP contribution < -0.4 is 5.32 Å². The summed E-state index contributed by atoms with van der Waals surface area (Å²) in [4.78, 5) is 4.41. The van der Waals surface area contributed by atoms with Gasteiger partial charge in [0.1, 0.15) is 0 Å². The van der Waals surface area contributed by atoms with E-state index < -0.39 is 11.2 Å². The fourth-order valence-corrected chi connectivity index (χ4v) is 2.71. The lowest BCUT2D eigenvalue weighted by molar-refractivity contribution is -0.137. The molecule has 0 radical (unpaired) electrons. The van der Waals surface area contributed by atoms with Crippen molar-refractivity contribution in [3.8, 4) is 11.3 Å². The number of benzene rings is 1. The van der Waals surface area contributed by atoms with E-state index in [4.69, 9.17) is 0 Å². The zero-order valence-electron chi connectivity index (χ0n) is 11.0. The van der Waals surface area contributed by atoms with Crippen LogP contribution >= 0.6 is 11.3 Å². The molecule has 0 spiro atoms. The third-order valence-corrected chi connectivity index (χ3v) is 3.80. The summed E-state index contributed by atoms with van der Waals surface area (Å²) >= 11 is 0.713. The molecular formula is C14H15F3N2S. The van der Waals surface area contributed by atoms with Crippen LogP contribution in [0.5, 0.6) is 0 Å². The van der Waals surface area contributed by atoms with Crippen LogP contribution in [-0.2, 0) is 12.7 Å². The van der Waals surface area contributed by atoms with E-state index >= 15 is 0 Å². The van der Waals surface area contributed by atoms with E-state index in [1.807, 2.05) is 13.0 Å². The van der Waals surface area contributed by atoms with Crippen molar-refractivity contribution in [2.75, 3.05) is 6.54 Å². The number of thiazole rings is 1. The standard InChI is InChI=1S/C14H15F3N2S/c1-2-8-18-9-11-12(10-6-4-3-5-7-10)19-13(20-11)14(15,16)17/h3-7,18H,2,8-9H2,1H3. The molecule has 0 atom stereocenters. The van der Waals surface area contributed by atoms with Crippen molar-refractivity contribution in [2.45, 2.75) is 26.1 Å². The molecule has 6 heteroatoms. The monoisotopic (exact) mass is 300 g/mol. The molecule has 108 valence electrons. The zero-order chi connectivity index (χ0) is 14.6. The van der Waals surface area contributed by atoms with Gasteiger partial charge in [-0.15, -0.1) is 11.3 Å². The van der Waals surface area contributed by atoms with Gasteiger partial charge >= 0.3 is 6.18 Å². The van der Waals surface area contributed by atoms with Crippen molar-refractivity contribution in [3.63, 3.8) is 0 Å². The largest absolute Gasteiger partial charge is 0.443 e. The second-order valence-electron chi connectivity index (χ2n) is 4.33. The number of nitrogens with one attached hydrogen (secondary N) is 1. The number of nitrogens with zero attached hydrogens (tertiary/aromatic N) is 1. The highest BCUT2D eigenvalue weighted by Crippen LogP contribution is 2.37. The van der Waals surface area contributed by atoms with Gasteiger partial charge in [0.25, 0.3) is 0 Å². The Hall–Kier alpha value is -1.40. The Morgan fingerprint density at radius 1 is 1.20 bits per heavy atom. The lowest BCUT2D eigenvalue weighted by Crippen LogP contribution is -2.13. The van der Waals surface area contributed by atoms with Gasteiger partial charge in [-0.05, 0) is 13.0 Å². The lowest BCUT2D eigenvalue weighted by atomic mass is 10.1. The van der Waals surface area contributed by atoms with E-state index in [2.05, 4.69) is 10.3 Å². The highest BCUT2D eigenvalue weighted by atomic mass is 32.1. The van der Waals surface area contributed by atoms with Crippen molar-refractivity contribution in [1.82, 2.24) is 10.3 Å². The Balaban J connectivity index is 2.35. The highest BCUT2D eigenvalue weighted by Gasteiger charge is 2.36. The minimum atomic E-state index is -4.39. The SMILES string of the molecule is CCCNCc1sc(C(F)(F)F)nc1-c1ccccc1. The fourth-order valence-electron chi connectivity index (χ4n) is 1.79. The first kappa shape index (κ1) is 15.0. The molecule has 1 aromatic carbocycles. The molecule has 0 aliphatic heterocycles. The molecule has 0 saturated heterocycles. The van der Waals surface area contributed by atoms with Crippen LogP contribution in [0.15, 0.2) is 30.3 Å². The average Bonchev–Trinajstić information content (AvgIpc) is 2.84. The van der Waals surface area contributed by atoms with Gasteiger partial charge < -0.3 is 5.32 Å². The Morgan fingerprint density at radius 3 is 2.50 bits per heavy atom. The molecule has 0 saturated carbocycles. The summed E-state index contributed by atoms with van der Waals surface area (Å²) in [6.45, 7) is 3.19. The number of hydrogen-bond donors (Lipinski definition) is 1. The van der Waals surface area contributed by atoms with E-state index in [1.165, 1.54) is 0 Å². The highest BCUT2D eigenvalue weighted by molar-refractivity contribution is 7.12. The summed E-state index contributed by atoms with van der Waals surface area (Å²) in [5.41, 5.74) is 1.14. The van der Waals surface area contributed by atoms with E-state index in [-0.39, 0.29) is 0 Å². The van der Waals surface area contributed by atoms with Gasteiger partial charge in [-0.3, -0.25) is 0 Å². The number of rotatable bonds is 5. The van der Waals surface area contributed by atoms with Crippen LogP contribution in [0.25, 0.3) is 11.3 Å². The van der Waals surface area contributed by atoms with Crippen LogP contribution in [0.1, 0.15) is 23.2 Å². The minimum absolute atomic E-state index is 0.409. The van der Waals surface area contributed by atoms with Crippen LogP contribution in [0.3, 0.4) is 0 Å².